The highest BCUT2D eigenvalue weighted by Crippen LogP contribution is 2.22. The Morgan fingerprint density at radius 3 is 2.54 bits per heavy atom. The van der Waals surface area contributed by atoms with Gasteiger partial charge >= 0.3 is 0 Å². The zero-order valence-corrected chi connectivity index (χ0v) is 14.4. The number of halogens is 1. The quantitative estimate of drug-likeness (QED) is 0.530. The molecule has 24 heavy (non-hydrogen) atoms. The minimum absolute atomic E-state index is 0.00691. The fraction of sp³-hybridized carbons (Fsp3) is 0.118. The minimum atomic E-state index is 0.00691. The summed E-state index contributed by atoms with van der Waals surface area (Å²) >= 11 is 7.11. The summed E-state index contributed by atoms with van der Waals surface area (Å²) in [5.74, 6) is 1.70. The molecule has 0 fully saturated rings. The third-order valence-electron chi connectivity index (χ3n) is 3.33. The van der Waals surface area contributed by atoms with Crippen LogP contribution >= 0.6 is 23.4 Å². The first-order valence-corrected chi connectivity index (χ1v) is 8.50. The Balaban J connectivity index is 1.63. The largest absolute Gasteiger partial charge is 0.497 e. The Labute approximate surface area is 148 Å². The van der Waals surface area contributed by atoms with E-state index in [1.165, 1.54) is 11.8 Å². The van der Waals surface area contributed by atoms with Gasteiger partial charge in [0.15, 0.2) is 11.6 Å². The lowest BCUT2D eigenvalue weighted by atomic mass is 10.1. The summed E-state index contributed by atoms with van der Waals surface area (Å²) in [6.45, 7) is 0. The predicted octanol–water partition coefficient (Wildman–Crippen LogP) is 4.11. The number of carbonyl (C=O) groups is 1. The van der Waals surface area contributed by atoms with Crippen molar-refractivity contribution in [2.45, 2.75) is 5.16 Å². The molecule has 0 unspecified atom stereocenters. The van der Waals surface area contributed by atoms with E-state index in [4.69, 9.17) is 16.3 Å². The van der Waals surface area contributed by atoms with Gasteiger partial charge in [0.05, 0.1) is 12.9 Å². The van der Waals surface area contributed by atoms with Crippen LogP contribution in [0.3, 0.4) is 0 Å². The number of benzene rings is 2. The number of hydrogen-bond acceptors (Lipinski definition) is 5. The van der Waals surface area contributed by atoms with Crippen molar-refractivity contribution < 1.29 is 9.53 Å². The van der Waals surface area contributed by atoms with Crippen molar-refractivity contribution in [2.24, 2.45) is 0 Å². The number of nitrogens with one attached hydrogen (secondary N) is 1. The van der Waals surface area contributed by atoms with E-state index in [0.717, 1.165) is 11.3 Å². The lowest BCUT2D eigenvalue weighted by Crippen LogP contribution is -2.02. The zero-order valence-electron chi connectivity index (χ0n) is 12.8. The monoisotopic (exact) mass is 359 g/mol. The van der Waals surface area contributed by atoms with Gasteiger partial charge in [-0.15, -0.1) is 5.10 Å². The lowest BCUT2D eigenvalue weighted by molar-refractivity contribution is 0.102. The van der Waals surface area contributed by atoms with Crippen molar-refractivity contribution in [3.63, 3.8) is 0 Å². The molecule has 1 N–H and O–H groups in total. The SMILES string of the molecule is COc1ccc(-c2nc(SCC(=O)c3ccc(Cl)cc3)n[nH]2)cc1. The molecule has 0 bridgehead atoms. The number of aromatic nitrogens is 3. The summed E-state index contributed by atoms with van der Waals surface area (Å²) in [5, 5.41) is 8.16. The number of aromatic amines is 1. The molecule has 7 heteroatoms. The van der Waals surface area contributed by atoms with Crippen molar-refractivity contribution >= 4 is 29.1 Å². The first-order valence-electron chi connectivity index (χ1n) is 7.14. The molecular formula is C17H14ClN3O2S. The molecule has 1 heterocycles. The molecule has 1 aromatic heterocycles. The summed E-state index contributed by atoms with van der Waals surface area (Å²) in [6, 6.07) is 14.3. The smallest absolute Gasteiger partial charge is 0.209 e. The molecule has 0 aliphatic rings. The van der Waals surface area contributed by atoms with Crippen LogP contribution < -0.4 is 4.74 Å². The van der Waals surface area contributed by atoms with Gasteiger partial charge < -0.3 is 4.74 Å². The van der Waals surface area contributed by atoms with Crippen LogP contribution in [-0.2, 0) is 0 Å². The normalized spacial score (nSPS) is 10.6. The molecule has 2 aromatic carbocycles. The summed E-state index contributed by atoms with van der Waals surface area (Å²) in [5.41, 5.74) is 1.52. The number of hydrogen-bond donors (Lipinski definition) is 1. The molecule has 5 nitrogen and oxygen atoms in total. The fourth-order valence-corrected chi connectivity index (χ4v) is 2.86. The van der Waals surface area contributed by atoms with Gasteiger partial charge in [-0.3, -0.25) is 9.89 Å². The van der Waals surface area contributed by atoms with Crippen molar-refractivity contribution in [2.75, 3.05) is 12.9 Å². The average Bonchev–Trinajstić information content (AvgIpc) is 3.09. The molecule has 0 aliphatic carbocycles. The molecule has 0 saturated carbocycles. The third kappa shape index (κ3) is 3.96. The molecule has 0 aliphatic heterocycles. The summed E-state index contributed by atoms with van der Waals surface area (Å²) in [7, 11) is 1.62. The predicted molar refractivity (Wildman–Crippen MR) is 94.9 cm³/mol. The van der Waals surface area contributed by atoms with E-state index in [-0.39, 0.29) is 11.5 Å². The van der Waals surface area contributed by atoms with Gasteiger partial charge in [0, 0.05) is 16.1 Å². The van der Waals surface area contributed by atoms with Crippen LogP contribution in [0.15, 0.2) is 53.7 Å². The van der Waals surface area contributed by atoms with Crippen molar-refractivity contribution in [1.82, 2.24) is 15.2 Å². The van der Waals surface area contributed by atoms with E-state index in [9.17, 15) is 4.79 Å². The van der Waals surface area contributed by atoms with E-state index >= 15 is 0 Å². The Kier molecular flexibility index (Phi) is 5.17. The van der Waals surface area contributed by atoms with Crippen molar-refractivity contribution in [1.29, 1.82) is 0 Å². The number of nitrogens with zero attached hydrogens (tertiary/aromatic N) is 2. The molecule has 122 valence electrons. The van der Waals surface area contributed by atoms with Gasteiger partial charge in [-0.25, -0.2) is 4.98 Å². The van der Waals surface area contributed by atoms with Gasteiger partial charge in [-0.2, -0.15) is 0 Å². The Morgan fingerprint density at radius 1 is 1.17 bits per heavy atom. The first-order chi connectivity index (χ1) is 11.7. The van der Waals surface area contributed by atoms with Crippen LogP contribution in [-0.4, -0.2) is 33.8 Å². The molecule has 0 spiro atoms. The molecule has 0 atom stereocenters. The van der Waals surface area contributed by atoms with Crippen LogP contribution in [0.2, 0.25) is 5.02 Å². The summed E-state index contributed by atoms with van der Waals surface area (Å²) in [6.07, 6.45) is 0. The first kappa shape index (κ1) is 16.5. The van der Waals surface area contributed by atoms with Gasteiger partial charge in [-0.05, 0) is 48.5 Å². The number of methoxy groups -OCH3 is 1. The van der Waals surface area contributed by atoms with Gasteiger partial charge in [-0.1, -0.05) is 23.4 Å². The van der Waals surface area contributed by atoms with Crippen molar-refractivity contribution in [3.8, 4) is 17.1 Å². The van der Waals surface area contributed by atoms with E-state index in [1.54, 1.807) is 31.4 Å². The number of H-pyrrole nitrogens is 1. The van der Waals surface area contributed by atoms with Crippen LogP contribution in [0.25, 0.3) is 11.4 Å². The maximum atomic E-state index is 12.1. The lowest BCUT2D eigenvalue weighted by Gasteiger charge is -2.00. The van der Waals surface area contributed by atoms with Crippen LogP contribution in [0, 0.1) is 0 Å². The van der Waals surface area contributed by atoms with Gasteiger partial charge in [0.25, 0.3) is 0 Å². The second kappa shape index (κ2) is 7.51. The molecular weight excluding hydrogens is 346 g/mol. The minimum Gasteiger partial charge on any atom is -0.497 e. The molecule has 3 rings (SSSR count). The number of carbonyl (C=O) groups excluding carboxylic acids is 1. The number of thioether (sulfide) groups is 1. The number of ether oxygens (including phenoxy) is 1. The highest BCUT2D eigenvalue weighted by molar-refractivity contribution is 7.99. The zero-order chi connectivity index (χ0) is 16.9. The van der Waals surface area contributed by atoms with Crippen LogP contribution in [0.1, 0.15) is 10.4 Å². The Morgan fingerprint density at radius 2 is 1.88 bits per heavy atom. The average molecular weight is 360 g/mol. The second-order valence-electron chi connectivity index (χ2n) is 4.91. The standard InChI is InChI=1S/C17H14ClN3O2S/c1-23-14-8-4-12(5-9-14)16-19-17(21-20-16)24-10-15(22)11-2-6-13(18)7-3-11/h2-9H,10H2,1H3,(H,19,20,21). The van der Waals surface area contributed by atoms with E-state index in [1.807, 2.05) is 24.3 Å². The highest BCUT2D eigenvalue weighted by atomic mass is 35.5. The van der Waals surface area contributed by atoms with Crippen molar-refractivity contribution in [3.05, 3.63) is 59.1 Å². The van der Waals surface area contributed by atoms with Crippen LogP contribution in [0.5, 0.6) is 5.75 Å². The third-order valence-corrected chi connectivity index (χ3v) is 4.43. The Bertz CT molecular complexity index is 832. The molecule has 0 saturated heterocycles. The number of ketones is 1. The molecule has 0 amide bonds. The maximum absolute atomic E-state index is 12.1. The highest BCUT2D eigenvalue weighted by Gasteiger charge is 2.10. The topological polar surface area (TPSA) is 67.9 Å². The fourth-order valence-electron chi connectivity index (χ4n) is 2.04. The summed E-state index contributed by atoms with van der Waals surface area (Å²) in [4.78, 5) is 16.5. The maximum Gasteiger partial charge on any atom is 0.209 e. The van der Waals surface area contributed by atoms with Gasteiger partial charge in [0.2, 0.25) is 5.16 Å². The van der Waals surface area contributed by atoms with E-state index < -0.39 is 0 Å². The van der Waals surface area contributed by atoms with Gasteiger partial charge in [0.1, 0.15) is 5.75 Å². The van der Waals surface area contributed by atoms with E-state index in [2.05, 4.69) is 15.2 Å². The summed E-state index contributed by atoms with van der Waals surface area (Å²) < 4.78 is 5.13. The number of Topliss-reactive ketones (excluding diaryl/α,β-unsaturated/α-hetero) is 1. The molecule has 0 radical (unpaired) electrons. The second-order valence-corrected chi connectivity index (χ2v) is 6.29. The van der Waals surface area contributed by atoms with E-state index in [0.29, 0.717) is 21.6 Å². The molecule has 3 aromatic rings. The Hall–Kier alpha value is -2.31. The number of rotatable bonds is 6. The van der Waals surface area contributed by atoms with Crippen LogP contribution in [0.4, 0.5) is 0 Å².